The fraction of sp³-hybridized carbons (Fsp3) is 0.250. The lowest BCUT2D eigenvalue weighted by Crippen LogP contribution is -2.62. The highest BCUT2D eigenvalue weighted by Crippen LogP contribution is 2.55. The van der Waals surface area contributed by atoms with Gasteiger partial charge in [0.2, 0.25) is 0 Å². The van der Waals surface area contributed by atoms with Crippen molar-refractivity contribution in [2.45, 2.75) is 65.6 Å². The van der Waals surface area contributed by atoms with Crippen LogP contribution in [0.4, 0.5) is 0 Å². The monoisotopic (exact) mass is 716 g/mol. The standard InChI is InChI=1S/C48H46O2P2/c1-32-16-5-9-24-40(32)51(41-25-10-6-17-33(41)2)44-28-13-20-36-30-38-22-15-23-39-31-37-21-14-29-45(47(37)50-48(38,39)49-46(36)44)52(42-26-11-7-18-34(42)3)43-27-12-8-19-35(43)4/h5-14,16-21,24-29,38-39H,15,22-23,30-31H2,1-4H3/t38-,39?,48?/m1/s1. The van der Waals surface area contributed by atoms with E-state index in [1.807, 2.05) is 0 Å². The van der Waals surface area contributed by atoms with Gasteiger partial charge in [0, 0.05) is 22.4 Å². The first kappa shape index (κ1) is 33.6. The van der Waals surface area contributed by atoms with Crippen LogP contribution in [0.5, 0.6) is 11.5 Å². The SMILES string of the molecule is Cc1ccccc1P(c1ccccc1C)c1cccc2c1OC13Oc4c(cccc4P(c4ccccc4C)c4ccccc4C)C[C@H]1CCCC3C2. The third kappa shape index (κ3) is 5.62. The zero-order valence-corrected chi connectivity index (χ0v) is 32.4. The van der Waals surface area contributed by atoms with E-state index < -0.39 is 21.6 Å². The Kier molecular flexibility index (Phi) is 8.82. The summed E-state index contributed by atoms with van der Waals surface area (Å²) in [4.78, 5) is 0. The first-order valence-electron chi connectivity index (χ1n) is 18.9. The number of para-hydroxylation sites is 2. The number of fused-ring (bicyclic) bond motifs is 2. The zero-order chi connectivity index (χ0) is 35.4. The minimum Gasteiger partial charge on any atom is -0.451 e. The summed E-state index contributed by atoms with van der Waals surface area (Å²) < 4.78 is 15.4. The molecule has 0 amide bonds. The molecule has 6 aromatic rings. The molecule has 2 heterocycles. The van der Waals surface area contributed by atoms with Crippen LogP contribution in [0.15, 0.2) is 133 Å². The van der Waals surface area contributed by atoms with Crippen molar-refractivity contribution in [2.75, 3.05) is 0 Å². The van der Waals surface area contributed by atoms with Crippen molar-refractivity contribution in [2.24, 2.45) is 11.8 Å². The Labute approximate surface area is 311 Å². The average molecular weight is 717 g/mol. The second-order valence-corrected chi connectivity index (χ2v) is 19.2. The van der Waals surface area contributed by atoms with E-state index >= 15 is 0 Å². The minimum atomic E-state index is -0.869. The highest BCUT2D eigenvalue weighted by atomic mass is 31.1. The van der Waals surface area contributed by atoms with E-state index in [0.29, 0.717) is 11.8 Å². The maximum absolute atomic E-state index is 7.71. The molecule has 6 aromatic carbocycles. The number of hydrogen-bond donors (Lipinski definition) is 0. The van der Waals surface area contributed by atoms with Crippen molar-refractivity contribution in [1.82, 2.24) is 0 Å². The molecule has 0 saturated heterocycles. The lowest BCUT2D eigenvalue weighted by Gasteiger charge is -2.54. The van der Waals surface area contributed by atoms with Crippen molar-refractivity contribution >= 4 is 47.7 Å². The van der Waals surface area contributed by atoms with Crippen LogP contribution in [0.2, 0.25) is 0 Å². The van der Waals surface area contributed by atoms with Crippen LogP contribution in [-0.4, -0.2) is 5.79 Å². The fourth-order valence-corrected chi connectivity index (χ4v) is 14.6. The molecule has 0 aromatic heterocycles. The second-order valence-electron chi connectivity index (χ2n) is 15.0. The van der Waals surface area contributed by atoms with Gasteiger partial charge in [-0.05, 0) is 124 Å². The Bertz CT molecular complexity index is 2040. The Morgan fingerprint density at radius 3 is 1.10 bits per heavy atom. The van der Waals surface area contributed by atoms with Crippen molar-refractivity contribution in [3.63, 3.8) is 0 Å². The van der Waals surface area contributed by atoms with Crippen LogP contribution in [0.25, 0.3) is 0 Å². The van der Waals surface area contributed by atoms with Gasteiger partial charge in [-0.2, -0.15) is 0 Å². The molecule has 2 unspecified atom stereocenters. The molecule has 2 nitrogen and oxygen atoms in total. The molecular formula is C48H46O2P2. The van der Waals surface area contributed by atoms with E-state index in [1.165, 1.54) is 71.6 Å². The Hall–Kier alpha value is -4.22. The summed E-state index contributed by atoms with van der Waals surface area (Å²) in [6.45, 7) is 9.04. The molecule has 0 radical (unpaired) electrons. The van der Waals surface area contributed by atoms with Gasteiger partial charge in [0.15, 0.2) is 0 Å². The minimum absolute atomic E-state index is 0.293. The maximum atomic E-state index is 7.71. The molecule has 52 heavy (non-hydrogen) atoms. The summed E-state index contributed by atoms with van der Waals surface area (Å²) >= 11 is 0. The predicted molar refractivity (Wildman–Crippen MR) is 221 cm³/mol. The second kappa shape index (κ2) is 13.6. The van der Waals surface area contributed by atoms with Crippen LogP contribution in [0.1, 0.15) is 52.6 Å². The van der Waals surface area contributed by atoms with Crippen molar-refractivity contribution in [1.29, 1.82) is 0 Å². The Morgan fingerprint density at radius 2 is 0.750 bits per heavy atom. The van der Waals surface area contributed by atoms with E-state index in [9.17, 15) is 0 Å². The number of aryl methyl sites for hydroxylation is 4. The first-order valence-corrected chi connectivity index (χ1v) is 21.6. The molecule has 1 saturated carbocycles. The highest BCUT2D eigenvalue weighted by Gasteiger charge is 2.57. The molecular weight excluding hydrogens is 670 g/mol. The van der Waals surface area contributed by atoms with Crippen LogP contribution >= 0.6 is 15.8 Å². The summed E-state index contributed by atoms with van der Waals surface area (Å²) in [6, 6.07) is 49.6. The highest BCUT2D eigenvalue weighted by molar-refractivity contribution is 7.80. The molecule has 1 fully saturated rings. The number of ether oxygens (including phenoxy) is 2. The van der Waals surface area contributed by atoms with E-state index in [-0.39, 0.29) is 0 Å². The van der Waals surface area contributed by atoms with Crippen molar-refractivity contribution in [3.05, 3.63) is 167 Å². The molecule has 9 rings (SSSR count). The molecule has 2 aliphatic heterocycles. The Morgan fingerprint density at radius 1 is 0.423 bits per heavy atom. The number of rotatable bonds is 6. The van der Waals surface area contributed by atoms with E-state index in [2.05, 4.69) is 161 Å². The fourth-order valence-electron chi connectivity index (χ4n) is 9.13. The van der Waals surface area contributed by atoms with E-state index in [0.717, 1.165) is 37.2 Å². The summed E-state index contributed by atoms with van der Waals surface area (Å²) in [5.74, 6) is 2.00. The third-order valence-corrected chi connectivity index (χ3v) is 17.4. The molecule has 3 atom stereocenters. The predicted octanol–water partition coefficient (Wildman–Crippen LogP) is 9.12. The van der Waals surface area contributed by atoms with Crippen molar-refractivity contribution < 1.29 is 9.47 Å². The Balaban J connectivity index is 1.21. The zero-order valence-electron chi connectivity index (χ0n) is 30.6. The van der Waals surface area contributed by atoms with Gasteiger partial charge in [-0.15, -0.1) is 0 Å². The summed E-state index contributed by atoms with van der Waals surface area (Å²) in [7, 11) is -1.74. The van der Waals surface area contributed by atoms with Gasteiger partial charge >= 0.3 is 0 Å². The van der Waals surface area contributed by atoms with Crippen LogP contribution in [0, 0.1) is 39.5 Å². The summed E-state index contributed by atoms with van der Waals surface area (Å²) in [6.07, 6.45) is 5.41. The van der Waals surface area contributed by atoms with E-state index in [1.54, 1.807) is 0 Å². The molecule has 0 N–H and O–H groups in total. The molecule has 0 bridgehead atoms. The van der Waals surface area contributed by atoms with Gasteiger partial charge < -0.3 is 9.47 Å². The van der Waals surface area contributed by atoms with Gasteiger partial charge in [0.25, 0.3) is 5.79 Å². The molecule has 3 aliphatic rings. The van der Waals surface area contributed by atoms with Crippen LogP contribution in [0.3, 0.4) is 0 Å². The molecule has 1 aliphatic carbocycles. The van der Waals surface area contributed by atoms with Gasteiger partial charge in [0.1, 0.15) is 11.5 Å². The van der Waals surface area contributed by atoms with Gasteiger partial charge in [-0.1, -0.05) is 140 Å². The lowest BCUT2D eigenvalue weighted by atomic mass is 9.68. The number of benzene rings is 6. The van der Waals surface area contributed by atoms with Gasteiger partial charge in [-0.3, -0.25) is 0 Å². The largest absolute Gasteiger partial charge is 0.451 e. The van der Waals surface area contributed by atoms with Crippen LogP contribution < -0.4 is 41.3 Å². The quantitative estimate of drug-likeness (QED) is 0.160. The topological polar surface area (TPSA) is 18.5 Å². The smallest absolute Gasteiger partial charge is 0.257 e. The maximum Gasteiger partial charge on any atom is 0.257 e. The first-order chi connectivity index (χ1) is 25.4. The van der Waals surface area contributed by atoms with Gasteiger partial charge in [0.05, 0.1) is 0 Å². The van der Waals surface area contributed by atoms with Crippen molar-refractivity contribution in [3.8, 4) is 11.5 Å². The molecule has 4 heteroatoms. The number of hydrogen-bond acceptors (Lipinski definition) is 2. The van der Waals surface area contributed by atoms with E-state index in [4.69, 9.17) is 9.47 Å². The average Bonchev–Trinajstić information content (AvgIpc) is 3.16. The summed E-state index contributed by atoms with van der Waals surface area (Å²) in [5, 5.41) is 8.17. The molecule has 1 spiro atoms. The molecule has 260 valence electrons. The lowest BCUT2D eigenvalue weighted by molar-refractivity contribution is -0.225. The summed E-state index contributed by atoms with van der Waals surface area (Å²) in [5.41, 5.74) is 7.95. The normalized spacial score (nSPS) is 20.3. The van der Waals surface area contributed by atoms with Crippen LogP contribution in [-0.2, 0) is 12.8 Å². The third-order valence-electron chi connectivity index (χ3n) is 11.8. The van der Waals surface area contributed by atoms with Gasteiger partial charge in [-0.25, -0.2) is 0 Å².